The number of anilines is 1. The molecule has 23 heavy (non-hydrogen) atoms. The SMILES string of the molecule is O=C(NNc1nccnc1Cl)N1CCCCC1c1ccccc1. The van der Waals surface area contributed by atoms with E-state index >= 15 is 0 Å². The largest absolute Gasteiger partial charge is 0.336 e. The lowest BCUT2D eigenvalue weighted by Gasteiger charge is -2.36. The normalized spacial score (nSPS) is 17.6. The average Bonchev–Trinajstić information content (AvgIpc) is 2.61. The van der Waals surface area contributed by atoms with E-state index in [0.717, 1.165) is 31.4 Å². The predicted molar refractivity (Wildman–Crippen MR) is 88.9 cm³/mol. The van der Waals surface area contributed by atoms with Gasteiger partial charge in [-0.15, -0.1) is 0 Å². The molecule has 1 aromatic carbocycles. The third-order valence-corrected chi connectivity index (χ3v) is 4.17. The van der Waals surface area contributed by atoms with E-state index < -0.39 is 0 Å². The van der Waals surface area contributed by atoms with Crippen molar-refractivity contribution in [2.45, 2.75) is 25.3 Å². The maximum absolute atomic E-state index is 12.5. The minimum atomic E-state index is -0.194. The predicted octanol–water partition coefficient (Wildman–Crippen LogP) is 3.39. The van der Waals surface area contributed by atoms with Crippen molar-refractivity contribution >= 4 is 23.4 Å². The van der Waals surface area contributed by atoms with Crippen LogP contribution >= 0.6 is 11.6 Å². The first-order valence-corrected chi connectivity index (χ1v) is 7.97. The number of benzene rings is 1. The van der Waals surface area contributed by atoms with Crippen LogP contribution in [0.3, 0.4) is 0 Å². The molecule has 3 rings (SSSR count). The lowest BCUT2D eigenvalue weighted by molar-refractivity contribution is 0.153. The van der Waals surface area contributed by atoms with Gasteiger partial charge in [0, 0.05) is 18.9 Å². The van der Waals surface area contributed by atoms with Crippen LogP contribution in [0.2, 0.25) is 5.15 Å². The standard InChI is InChI=1S/C16H18ClN5O/c17-14-15(19-10-9-18-14)20-21-16(23)22-11-5-4-8-13(22)12-6-2-1-3-7-12/h1-3,6-7,9-10,13H,4-5,8,11H2,(H,19,20)(H,21,23). The topological polar surface area (TPSA) is 70.1 Å². The summed E-state index contributed by atoms with van der Waals surface area (Å²) >= 11 is 5.92. The number of rotatable bonds is 3. The minimum Gasteiger partial charge on any atom is -0.316 e. The first-order valence-electron chi connectivity index (χ1n) is 7.60. The number of hydrazine groups is 1. The molecule has 2 amide bonds. The first kappa shape index (κ1) is 15.6. The number of likely N-dealkylation sites (tertiary alicyclic amines) is 1. The minimum absolute atomic E-state index is 0.0871. The number of hydrogen-bond acceptors (Lipinski definition) is 4. The second kappa shape index (κ2) is 7.28. The highest BCUT2D eigenvalue weighted by atomic mass is 35.5. The van der Waals surface area contributed by atoms with Crippen LogP contribution in [0.5, 0.6) is 0 Å². The molecule has 7 heteroatoms. The summed E-state index contributed by atoms with van der Waals surface area (Å²) in [5.41, 5.74) is 6.55. The molecule has 1 fully saturated rings. The maximum atomic E-state index is 12.5. The summed E-state index contributed by atoms with van der Waals surface area (Å²) in [4.78, 5) is 22.3. The van der Waals surface area contributed by atoms with E-state index in [1.54, 1.807) is 0 Å². The average molecular weight is 332 g/mol. The van der Waals surface area contributed by atoms with Crippen LogP contribution in [0.4, 0.5) is 10.6 Å². The molecule has 0 radical (unpaired) electrons. The summed E-state index contributed by atoms with van der Waals surface area (Å²) in [6.45, 7) is 0.723. The van der Waals surface area contributed by atoms with E-state index in [0.29, 0.717) is 5.82 Å². The molecule has 0 spiro atoms. The zero-order valence-electron chi connectivity index (χ0n) is 12.6. The number of hydrogen-bond donors (Lipinski definition) is 2. The molecule has 2 N–H and O–H groups in total. The van der Waals surface area contributed by atoms with Gasteiger partial charge in [0.1, 0.15) is 0 Å². The molecule has 1 saturated heterocycles. The van der Waals surface area contributed by atoms with E-state index in [1.807, 2.05) is 23.1 Å². The zero-order chi connectivity index (χ0) is 16.1. The van der Waals surface area contributed by atoms with Crippen LogP contribution in [0.25, 0.3) is 0 Å². The van der Waals surface area contributed by atoms with Gasteiger partial charge >= 0.3 is 6.03 Å². The van der Waals surface area contributed by atoms with Crippen LogP contribution in [0.15, 0.2) is 42.7 Å². The van der Waals surface area contributed by atoms with Crippen molar-refractivity contribution in [3.05, 3.63) is 53.4 Å². The Labute approximate surface area is 139 Å². The quantitative estimate of drug-likeness (QED) is 0.846. The van der Waals surface area contributed by atoms with Gasteiger partial charge in [-0.05, 0) is 24.8 Å². The van der Waals surface area contributed by atoms with Crippen molar-refractivity contribution < 1.29 is 4.79 Å². The summed E-state index contributed by atoms with van der Waals surface area (Å²) < 4.78 is 0. The van der Waals surface area contributed by atoms with Gasteiger partial charge in [-0.2, -0.15) is 0 Å². The fourth-order valence-corrected chi connectivity index (χ4v) is 2.94. The van der Waals surface area contributed by atoms with Crippen molar-refractivity contribution in [3.8, 4) is 0 Å². The number of aromatic nitrogens is 2. The van der Waals surface area contributed by atoms with Crippen molar-refractivity contribution in [2.24, 2.45) is 0 Å². The van der Waals surface area contributed by atoms with Gasteiger partial charge in [-0.25, -0.2) is 14.8 Å². The molecule has 120 valence electrons. The van der Waals surface area contributed by atoms with E-state index in [9.17, 15) is 4.79 Å². The molecule has 0 bridgehead atoms. The highest BCUT2D eigenvalue weighted by Gasteiger charge is 2.27. The Balaban J connectivity index is 1.68. The summed E-state index contributed by atoms with van der Waals surface area (Å²) in [6.07, 6.45) is 6.08. The van der Waals surface area contributed by atoms with Gasteiger partial charge in [0.05, 0.1) is 6.04 Å². The number of nitrogens with zero attached hydrogens (tertiary/aromatic N) is 3. The van der Waals surface area contributed by atoms with Crippen molar-refractivity contribution in [2.75, 3.05) is 12.0 Å². The third kappa shape index (κ3) is 3.71. The highest BCUT2D eigenvalue weighted by molar-refractivity contribution is 6.31. The zero-order valence-corrected chi connectivity index (χ0v) is 13.3. The molecular formula is C16H18ClN5O. The molecule has 1 aromatic heterocycles. The second-order valence-corrected chi connectivity index (χ2v) is 5.72. The number of carbonyl (C=O) groups is 1. The van der Waals surface area contributed by atoms with Crippen molar-refractivity contribution in [1.29, 1.82) is 0 Å². The van der Waals surface area contributed by atoms with Crippen LogP contribution in [0.1, 0.15) is 30.9 Å². The Kier molecular flexibility index (Phi) is 4.92. The van der Waals surface area contributed by atoms with Crippen LogP contribution < -0.4 is 10.9 Å². The number of carbonyl (C=O) groups excluding carboxylic acids is 1. The van der Waals surface area contributed by atoms with Crippen LogP contribution in [-0.4, -0.2) is 27.4 Å². The fourth-order valence-electron chi connectivity index (χ4n) is 2.79. The van der Waals surface area contributed by atoms with E-state index in [4.69, 9.17) is 11.6 Å². The number of urea groups is 1. The van der Waals surface area contributed by atoms with Crippen LogP contribution in [0, 0.1) is 0 Å². The highest BCUT2D eigenvalue weighted by Crippen LogP contribution is 2.30. The molecule has 2 aromatic rings. The monoisotopic (exact) mass is 331 g/mol. The molecular weight excluding hydrogens is 314 g/mol. The second-order valence-electron chi connectivity index (χ2n) is 5.37. The number of piperidine rings is 1. The number of nitrogens with one attached hydrogen (secondary N) is 2. The lowest BCUT2D eigenvalue weighted by atomic mass is 9.96. The number of halogens is 1. The van der Waals surface area contributed by atoms with E-state index in [1.165, 1.54) is 12.4 Å². The summed E-state index contributed by atoms with van der Waals surface area (Å²) in [7, 11) is 0. The fraction of sp³-hybridized carbons (Fsp3) is 0.312. The Morgan fingerprint density at radius 3 is 2.74 bits per heavy atom. The smallest absolute Gasteiger partial charge is 0.316 e. The van der Waals surface area contributed by atoms with Gasteiger partial charge in [-0.1, -0.05) is 41.9 Å². The Morgan fingerprint density at radius 1 is 1.17 bits per heavy atom. The first-order chi connectivity index (χ1) is 11.3. The van der Waals surface area contributed by atoms with E-state index in [-0.39, 0.29) is 17.2 Å². The molecule has 1 unspecified atom stereocenters. The molecule has 1 atom stereocenters. The number of amides is 2. The Morgan fingerprint density at radius 2 is 1.96 bits per heavy atom. The summed E-state index contributed by atoms with van der Waals surface area (Å²) in [5.74, 6) is 0.329. The van der Waals surface area contributed by atoms with Gasteiger partial charge in [-0.3, -0.25) is 10.9 Å². The molecule has 0 saturated carbocycles. The van der Waals surface area contributed by atoms with E-state index in [2.05, 4.69) is 33.0 Å². The van der Waals surface area contributed by atoms with Crippen LogP contribution in [-0.2, 0) is 0 Å². The molecule has 0 aliphatic carbocycles. The Bertz CT molecular complexity index is 667. The third-order valence-electron chi connectivity index (χ3n) is 3.89. The Hall–Kier alpha value is -2.34. The maximum Gasteiger partial charge on any atom is 0.336 e. The molecule has 1 aliphatic heterocycles. The van der Waals surface area contributed by atoms with Crippen molar-refractivity contribution in [3.63, 3.8) is 0 Å². The molecule has 1 aliphatic rings. The van der Waals surface area contributed by atoms with Gasteiger partial charge in [0.2, 0.25) is 0 Å². The summed E-state index contributed by atoms with van der Waals surface area (Å²) in [6, 6.07) is 9.99. The van der Waals surface area contributed by atoms with Gasteiger partial charge in [0.25, 0.3) is 0 Å². The van der Waals surface area contributed by atoms with Crippen molar-refractivity contribution in [1.82, 2.24) is 20.3 Å². The van der Waals surface area contributed by atoms with Gasteiger partial charge < -0.3 is 4.90 Å². The summed E-state index contributed by atoms with van der Waals surface area (Å²) in [5, 5.41) is 0.214. The van der Waals surface area contributed by atoms with Gasteiger partial charge in [0.15, 0.2) is 11.0 Å². The molecule has 6 nitrogen and oxygen atoms in total. The lowest BCUT2D eigenvalue weighted by Crippen LogP contribution is -2.46. The molecule has 2 heterocycles.